The lowest BCUT2D eigenvalue weighted by molar-refractivity contribution is -0.137. The Hall–Kier alpha value is -4.90. The lowest BCUT2D eigenvalue weighted by Gasteiger charge is -2.17. The Morgan fingerprint density at radius 2 is 1.83 bits per heavy atom. The van der Waals surface area contributed by atoms with Gasteiger partial charge in [0.05, 0.1) is 30.4 Å². The second-order valence-corrected chi connectivity index (χ2v) is 10.1. The predicted molar refractivity (Wildman–Crippen MR) is 155 cm³/mol. The van der Waals surface area contributed by atoms with E-state index < -0.39 is 17.9 Å². The van der Waals surface area contributed by atoms with Gasteiger partial charge in [-0.3, -0.25) is 19.6 Å². The van der Waals surface area contributed by atoms with Crippen molar-refractivity contribution < 1.29 is 19.1 Å². The molecule has 1 unspecified atom stereocenters. The van der Waals surface area contributed by atoms with Gasteiger partial charge >= 0.3 is 5.97 Å². The molecule has 214 valence electrons. The standard InChI is InChI=1S/C30H28ClN7O4/c1-2-7-19-13-27(30(41)34-20(15-28(39)40)12-18-8-3-6-11-24(18)31)42-26(19)14-21-16-33-25(17-32-21)22-9-4-5-10-23(22)29-35-37-38-36-29/h3-6,8-11,13,16-17,20H,2,7,12,14-15H2,1H3,(H,34,41)(H,39,40)(H,35,36,37,38). The first-order chi connectivity index (χ1) is 20.4. The van der Waals surface area contributed by atoms with Gasteiger partial charge in [-0.15, -0.1) is 10.2 Å². The Morgan fingerprint density at radius 3 is 2.52 bits per heavy atom. The number of aromatic nitrogens is 6. The maximum absolute atomic E-state index is 13.2. The summed E-state index contributed by atoms with van der Waals surface area (Å²) in [5.41, 5.74) is 4.54. The van der Waals surface area contributed by atoms with Crippen LogP contribution in [0.1, 0.15) is 52.9 Å². The molecule has 42 heavy (non-hydrogen) atoms. The Labute approximate surface area is 246 Å². The first-order valence-electron chi connectivity index (χ1n) is 13.4. The minimum Gasteiger partial charge on any atom is -0.481 e. The van der Waals surface area contributed by atoms with Crippen molar-refractivity contribution in [1.29, 1.82) is 0 Å². The molecule has 3 aromatic heterocycles. The van der Waals surface area contributed by atoms with Crippen molar-refractivity contribution >= 4 is 23.5 Å². The average molecular weight is 586 g/mol. The largest absolute Gasteiger partial charge is 0.481 e. The maximum Gasteiger partial charge on any atom is 0.305 e. The van der Waals surface area contributed by atoms with Crippen LogP contribution in [0.25, 0.3) is 22.6 Å². The number of carbonyl (C=O) groups excluding carboxylic acids is 1. The third-order valence-corrected chi connectivity index (χ3v) is 7.03. The number of carboxylic acids is 1. The van der Waals surface area contributed by atoms with E-state index in [0.717, 1.165) is 28.7 Å². The molecule has 0 spiro atoms. The van der Waals surface area contributed by atoms with Crippen molar-refractivity contribution in [1.82, 2.24) is 35.9 Å². The minimum atomic E-state index is -1.03. The highest BCUT2D eigenvalue weighted by atomic mass is 35.5. The number of nitrogens with zero attached hydrogens (tertiary/aromatic N) is 5. The maximum atomic E-state index is 13.2. The normalized spacial score (nSPS) is 11.8. The fourth-order valence-electron chi connectivity index (χ4n) is 4.71. The molecule has 3 N–H and O–H groups in total. The number of aliphatic carboxylic acids is 1. The quantitative estimate of drug-likeness (QED) is 0.184. The van der Waals surface area contributed by atoms with Crippen molar-refractivity contribution in [3.63, 3.8) is 0 Å². The number of H-pyrrole nitrogens is 1. The van der Waals surface area contributed by atoms with Crippen LogP contribution in [0.15, 0.2) is 71.4 Å². The van der Waals surface area contributed by atoms with E-state index in [1.54, 1.807) is 30.6 Å². The number of amides is 1. The number of carbonyl (C=O) groups is 2. The van der Waals surface area contributed by atoms with Crippen molar-refractivity contribution in [2.24, 2.45) is 0 Å². The number of furan rings is 1. The molecule has 0 bridgehead atoms. The summed E-state index contributed by atoms with van der Waals surface area (Å²) in [5, 5.41) is 27.0. The summed E-state index contributed by atoms with van der Waals surface area (Å²) in [6.07, 6.45) is 5.24. The second-order valence-electron chi connectivity index (χ2n) is 9.72. The number of nitrogens with one attached hydrogen (secondary N) is 2. The van der Waals surface area contributed by atoms with Gasteiger partial charge < -0.3 is 14.8 Å². The summed E-state index contributed by atoms with van der Waals surface area (Å²) in [4.78, 5) is 33.9. The molecule has 0 radical (unpaired) electrons. The summed E-state index contributed by atoms with van der Waals surface area (Å²) >= 11 is 6.27. The third kappa shape index (κ3) is 6.87. The van der Waals surface area contributed by atoms with Gasteiger partial charge in [0.15, 0.2) is 5.76 Å². The molecule has 0 aliphatic rings. The van der Waals surface area contributed by atoms with Gasteiger partial charge in [-0.1, -0.05) is 67.4 Å². The number of aromatic amines is 1. The number of rotatable bonds is 12. The smallest absolute Gasteiger partial charge is 0.305 e. The van der Waals surface area contributed by atoms with E-state index in [1.807, 2.05) is 43.3 Å². The molecule has 12 heteroatoms. The molecule has 1 atom stereocenters. The Morgan fingerprint density at radius 1 is 1.05 bits per heavy atom. The van der Waals surface area contributed by atoms with Gasteiger partial charge in [0.2, 0.25) is 5.82 Å². The van der Waals surface area contributed by atoms with E-state index in [9.17, 15) is 14.7 Å². The molecule has 0 aliphatic carbocycles. The van der Waals surface area contributed by atoms with Gasteiger partial charge in [0, 0.05) is 28.4 Å². The molecule has 2 aromatic carbocycles. The Kier molecular flexibility index (Phi) is 8.98. The summed E-state index contributed by atoms with van der Waals surface area (Å²) < 4.78 is 6.02. The summed E-state index contributed by atoms with van der Waals surface area (Å²) in [7, 11) is 0. The number of aryl methyl sites for hydroxylation is 1. The van der Waals surface area contributed by atoms with Gasteiger partial charge in [-0.05, 0) is 41.3 Å². The molecular weight excluding hydrogens is 558 g/mol. The molecule has 0 aliphatic heterocycles. The number of benzene rings is 2. The fourth-order valence-corrected chi connectivity index (χ4v) is 4.92. The van der Waals surface area contributed by atoms with E-state index in [2.05, 4.69) is 35.9 Å². The van der Waals surface area contributed by atoms with Crippen LogP contribution in [0.2, 0.25) is 5.02 Å². The van der Waals surface area contributed by atoms with E-state index in [-0.39, 0.29) is 18.6 Å². The number of carboxylic acid groups (broad SMARTS) is 1. The van der Waals surface area contributed by atoms with Crippen molar-refractivity contribution in [3.05, 3.63) is 100 Å². The highest BCUT2D eigenvalue weighted by Gasteiger charge is 2.23. The highest BCUT2D eigenvalue weighted by Crippen LogP contribution is 2.28. The van der Waals surface area contributed by atoms with Crippen molar-refractivity contribution in [2.75, 3.05) is 0 Å². The second kappa shape index (κ2) is 13.2. The molecule has 1 amide bonds. The number of tetrazole rings is 1. The number of hydrogen-bond donors (Lipinski definition) is 3. The number of halogens is 1. The lowest BCUT2D eigenvalue weighted by Crippen LogP contribution is -2.38. The molecule has 11 nitrogen and oxygen atoms in total. The van der Waals surface area contributed by atoms with Crippen LogP contribution >= 0.6 is 11.6 Å². The zero-order chi connectivity index (χ0) is 29.5. The van der Waals surface area contributed by atoms with E-state index in [1.165, 1.54) is 0 Å². The van der Waals surface area contributed by atoms with Crippen molar-refractivity contribution in [2.45, 2.75) is 45.1 Å². The lowest BCUT2D eigenvalue weighted by atomic mass is 10.0. The molecule has 5 aromatic rings. The van der Waals surface area contributed by atoms with E-state index in [4.69, 9.17) is 16.0 Å². The molecule has 5 rings (SSSR count). The molecule has 3 heterocycles. The van der Waals surface area contributed by atoms with Gasteiger partial charge in [0.1, 0.15) is 5.76 Å². The van der Waals surface area contributed by atoms with E-state index >= 15 is 0 Å². The van der Waals surface area contributed by atoms with Gasteiger partial charge in [-0.25, -0.2) is 0 Å². The summed E-state index contributed by atoms with van der Waals surface area (Å²) in [5.74, 6) is -0.337. The Balaban J connectivity index is 1.33. The van der Waals surface area contributed by atoms with Crippen LogP contribution < -0.4 is 5.32 Å². The van der Waals surface area contributed by atoms with Gasteiger partial charge in [-0.2, -0.15) is 5.21 Å². The highest BCUT2D eigenvalue weighted by molar-refractivity contribution is 6.31. The SMILES string of the molecule is CCCc1cc(C(=O)NC(CC(=O)O)Cc2ccccc2Cl)oc1Cc1cnc(-c2ccccc2-c2nn[nH]n2)cn1. The van der Waals surface area contributed by atoms with E-state index in [0.29, 0.717) is 40.8 Å². The Bertz CT molecular complexity index is 1670. The molecule has 0 saturated carbocycles. The zero-order valence-corrected chi connectivity index (χ0v) is 23.5. The monoisotopic (exact) mass is 585 g/mol. The number of hydrogen-bond acceptors (Lipinski definition) is 8. The molecular formula is C30H28ClN7O4. The summed E-state index contributed by atoms with van der Waals surface area (Å²) in [6, 6.07) is 15.8. The fraction of sp³-hybridized carbons (Fsp3) is 0.233. The zero-order valence-electron chi connectivity index (χ0n) is 22.7. The molecule has 0 saturated heterocycles. The third-order valence-electron chi connectivity index (χ3n) is 6.66. The summed E-state index contributed by atoms with van der Waals surface area (Å²) in [6.45, 7) is 2.04. The van der Waals surface area contributed by atoms with Crippen LogP contribution in [-0.2, 0) is 24.1 Å². The van der Waals surface area contributed by atoms with Crippen molar-refractivity contribution in [3.8, 4) is 22.6 Å². The first-order valence-corrected chi connectivity index (χ1v) is 13.8. The van der Waals surface area contributed by atoms with Crippen LogP contribution in [-0.4, -0.2) is 53.6 Å². The van der Waals surface area contributed by atoms with Crippen LogP contribution in [0.4, 0.5) is 0 Å². The van der Waals surface area contributed by atoms with Crippen LogP contribution in [0.5, 0.6) is 0 Å². The minimum absolute atomic E-state index is 0.113. The first kappa shape index (κ1) is 28.6. The predicted octanol–water partition coefficient (Wildman–Crippen LogP) is 4.93. The molecule has 0 fully saturated rings. The van der Waals surface area contributed by atoms with Crippen LogP contribution in [0.3, 0.4) is 0 Å². The average Bonchev–Trinajstić information content (AvgIpc) is 3.66. The topological polar surface area (TPSA) is 160 Å². The van der Waals surface area contributed by atoms with Crippen LogP contribution in [0, 0.1) is 0 Å². The van der Waals surface area contributed by atoms with Gasteiger partial charge in [0.25, 0.3) is 5.91 Å².